The van der Waals surface area contributed by atoms with Gasteiger partial charge in [-0.1, -0.05) is 19.1 Å². The van der Waals surface area contributed by atoms with Crippen LogP contribution in [0.4, 0.5) is 0 Å². The summed E-state index contributed by atoms with van der Waals surface area (Å²) in [4.78, 5) is 0. The maximum Gasteiger partial charge on any atom is 0.147 e. The van der Waals surface area contributed by atoms with E-state index in [1.807, 2.05) is 38.1 Å². The molecule has 1 unspecified atom stereocenters. The zero-order valence-electron chi connectivity index (χ0n) is 11.8. The molecule has 4 nitrogen and oxygen atoms in total. The summed E-state index contributed by atoms with van der Waals surface area (Å²) in [6, 6.07) is 7.88. The standard InChI is InChI=1S/C14H23NO3S/c1-4-15-14(10-11-19(3,16)17)12-6-8-13(9-7-12)18-5-2/h6-9,14-15H,4-5,10-11H2,1-3H3. The van der Waals surface area contributed by atoms with Gasteiger partial charge in [-0.15, -0.1) is 0 Å². The van der Waals surface area contributed by atoms with Crippen LogP contribution in [0.25, 0.3) is 0 Å². The Balaban J connectivity index is 2.74. The molecule has 19 heavy (non-hydrogen) atoms. The molecule has 0 aromatic heterocycles. The second-order valence-electron chi connectivity index (χ2n) is 4.53. The van der Waals surface area contributed by atoms with E-state index < -0.39 is 9.84 Å². The highest BCUT2D eigenvalue weighted by Crippen LogP contribution is 2.21. The molecule has 0 aliphatic rings. The van der Waals surface area contributed by atoms with Gasteiger partial charge in [0.25, 0.3) is 0 Å². The molecule has 0 saturated heterocycles. The zero-order chi connectivity index (χ0) is 14.3. The van der Waals surface area contributed by atoms with Crippen molar-refractivity contribution in [3.8, 4) is 5.75 Å². The second kappa shape index (κ2) is 7.50. The summed E-state index contributed by atoms with van der Waals surface area (Å²) in [6.45, 7) is 5.41. The molecular formula is C14H23NO3S. The molecule has 1 atom stereocenters. The van der Waals surface area contributed by atoms with Gasteiger partial charge in [0.2, 0.25) is 0 Å². The van der Waals surface area contributed by atoms with Crippen molar-refractivity contribution in [1.82, 2.24) is 5.32 Å². The van der Waals surface area contributed by atoms with Crippen LogP contribution in [-0.2, 0) is 9.84 Å². The van der Waals surface area contributed by atoms with Gasteiger partial charge in [-0.3, -0.25) is 0 Å². The lowest BCUT2D eigenvalue weighted by Gasteiger charge is -2.18. The van der Waals surface area contributed by atoms with Crippen LogP contribution in [0.1, 0.15) is 31.9 Å². The number of sulfone groups is 1. The lowest BCUT2D eigenvalue weighted by Crippen LogP contribution is -2.23. The highest BCUT2D eigenvalue weighted by atomic mass is 32.2. The van der Waals surface area contributed by atoms with Gasteiger partial charge >= 0.3 is 0 Å². The van der Waals surface area contributed by atoms with E-state index >= 15 is 0 Å². The third-order valence-electron chi connectivity index (χ3n) is 2.82. The molecule has 0 bridgehead atoms. The van der Waals surface area contributed by atoms with E-state index in [0.717, 1.165) is 17.9 Å². The van der Waals surface area contributed by atoms with E-state index in [0.29, 0.717) is 13.0 Å². The maximum absolute atomic E-state index is 11.3. The first-order valence-corrected chi connectivity index (χ1v) is 8.66. The molecule has 0 fully saturated rings. The van der Waals surface area contributed by atoms with Crippen LogP contribution in [0.2, 0.25) is 0 Å². The van der Waals surface area contributed by atoms with Crippen molar-refractivity contribution in [1.29, 1.82) is 0 Å². The highest BCUT2D eigenvalue weighted by molar-refractivity contribution is 7.90. The Morgan fingerprint density at radius 1 is 1.21 bits per heavy atom. The Morgan fingerprint density at radius 3 is 2.32 bits per heavy atom. The quantitative estimate of drug-likeness (QED) is 0.795. The summed E-state index contributed by atoms with van der Waals surface area (Å²) < 4.78 is 27.9. The van der Waals surface area contributed by atoms with Crippen LogP contribution in [0.3, 0.4) is 0 Å². The van der Waals surface area contributed by atoms with Gasteiger partial charge in [0.1, 0.15) is 15.6 Å². The SMILES string of the molecule is CCNC(CCS(C)(=O)=O)c1ccc(OCC)cc1. The molecule has 0 heterocycles. The molecule has 1 aromatic rings. The number of nitrogens with one attached hydrogen (secondary N) is 1. The highest BCUT2D eigenvalue weighted by Gasteiger charge is 2.13. The van der Waals surface area contributed by atoms with E-state index in [-0.39, 0.29) is 11.8 Å². The number of benzene rings is 1. The Hall–Kier alpha value is -1.07. The molecule has 1 N–H and O–H groups in total. The van der Waals surface area contributed by atoms with E-state index in [2.05, 4.69) is 5.32 Å². The maximum atomic E-state index is 11.3. The molecule has 0 radical (unpaired) electrons. The third-order valence-corrected chi connectivity index (χ3v) is 3.80. The normalized spacial score (nSPS) is 13.2. The van der Waals surface area contributed by atoms with Gasteiger partial charge in [-0.25, -0.2) is 8.42 Å². The van der Waals surface area contributed by atoms with Crippen LogP contribution in [0, 0.1) is 0 Å². The zero-order valence-corrected chi connectivity index (χ0v) is 12.7. The predicted octanol–water partition coefficient (Wildman–Crippen LogP) is 2.17. The summed E-state index contributed by atoms with van der Waals surface area (Å²) in [7, 11) is -2.93. The lowest BCUT2D eigenvalue weighted by atomic mass is 10.0. The van der Waals surface area contributed by atoms with Crippen molar-refractivity contribution in [3.05, 3.63) is 29.8 Å². The topological polar surface area (TPSA) is 55.4 Å². The smallest absolute Gasteiger partial charge is 0.147 e. The number of rotatable bonds is 8. The summed E-state index contributed by atoms with van der Waals surface area (Å²) in [5.41, 5.74) is 1.09. The predicted molar refractivity (Wildman–Crippen MR) is 78.4 cm³/mol. The fourth-order valence-electron chi connectivity index (χ4n) is 1.93. The minimum Gasteiger partial charge on any atom is -0.494 e. The molecule has 0 amide bonds. The Labute approximate surface area is 116 Å². The number of ether oxygens (including phenoxy) is 1. The molecule has 0 spiro atoms. The van der Waals surface area contributed by atoms with Gasteiger partial charge in [0.15, 0.2) is 0 Å². The van der Waals surface area contributed by atoms with Crippen LogP contribution in [-0.4, -0.2) is 33.6 Å². The number of hydrogen-bond acceptors (Lipinski definition) is 4. The van der Waals surface area contributed by atoms with Crippen molar-refractivity contribution in [2.75, 3.05) is 25.2 Å². The van der Waals surface area contributed by atoms with Crippen LogP contribution < -0.4 is 10.1 Å². The van der Waals surface area contributed by atoms with Crippen LogP contribution in [0.15, 0.2) is 24.3 Å². The molecular weight excluding hydrogens is 262 g/mol. The molecule has 0 aliphatic carbocycles. The first-order valence-electron chi connectivity index (χ1n) is 6.60. The monoisotopic (exact) mass is 285 g/mol. The number of hydrogen-bond donors (Lipinski definition) is 1. The minimum absolute atomic E-state index is 0.0652. The van der Waals surface area contributed by atoms with E-state index in [1.165, 1.54) is 6.26 Å². The van der Waals surface area contributed by atoms with Crippen molar-refractivity contribution in [2.24, 2.45) is 0 Å². The van der Waals surface area contributed by atoms with Gasteiger partial charge in [-0.05, 0) is 37.6 Å². The van der Waals surface area contributed by atoms with Gasteiger partial charge in [0.05, 0.1) is 12.4 Å². The molecule has 108 valence electrons. The molecule has 1 aromatic carbocycles. The van der Waals surface area contributed by atoms with Gasteiger partial charge < -0.3 is 10.1 Å². The van der Waals surface area contributed by atoms with Crippen molar-refractivity contribution >= 4 is 9.84 Å². The second-order valence-corrected chi connectivity index (χ2v) is 6.79. The molecule has 1 rings (SSSR count). The Bertz CT molecular complexity index is 468. The largest absolute Gasteiger partial charge is 0.494 e. The van der Waals surface area contributed by atoms with Crippen molar-refractivity contribution in [3.63, 3.8) is 0 Å². The molecule has 5 heteroatoms. The average Bonchev–Trinajstić information content (AvgIpc) is 2.35. The lowest BCUT2D eigenvalue weighted by molar-refractivity contribution is 0.340. The van der Waals surface area contributed by atoms with Crippen molar-refractivity contribution < 1.29 is 13.2 Å². The van der Waals surface area contributed by atoms with Crippen LogP contribution in [0.5, 0.6) is 5.75 Å². The van der Waals surface area contributed by atoms with Crippen LogP contribution >= 0.6 is 0 Å². The summed E-state index contributed by atoms with van der Waals surface area (Å²) in [5.74, 6) is 1.03. The first kappa shape index (κ1) is 16.0. The first-order chi connectivity index (χ1) is 8.96. The van der Waals surface area contributed by atoms with Gasteiger partial charge in [-0.2, -0.15) is 0 Å². The van der Waals surface area contributed by atoms with E-state index in [1.54, 1.807) is 0 Å². The minimum atomic E-state index is -2.93. The Kier molecular flexibility index (Phi) is 6.31. The summed E-state index contributed by atoms with van der Waals surface area (Å²) >= 11 is 0. The fraction of sp³-hybridized carbons (Fsp3) is 0.571. The average molecular weight is 285 g/mol. The van der Waals surface area contributed by atoms with Gasteiger partial charge in [0, 0.05) is 12.3 Å². The molecule has 0 saturated carbocycles. The van der Waals surface area contributed by atoms with E-state index in [9.17, 15) is 8.42 Å². The van der Waals surface area contributed by atoms with Crippen molar-refractivity contribution in [2.45, 2.75) is 26.3 Å². The third kappa shape index (κ3) is 6.07. The Morgan fingerprint density at radius 2 is 1.84 bits per heavy atom. The van der Waals surface area contributed by atoms with E-state index in [4.69, 9.17) is 4.74 Å². The fourth-order valence-corrected chi connectivity index (χ4v) is 2.59. The summed E-state index contributed by atoms with van der Waals surface area (Å²) in [5, 5.41) is 3.32. The molecule has 0 aliphatic heterocycles. The summed E-state index contributed by atoms with van der Waals surface area (Å²) in [6.07, 6.45) is 1.86.